The van der Waals surface area contributed by atoms with Crippen LogP contribution in [0.15, 0.2) is 6.33 Å². The third-order valence-electron chi connectivity index (χ3n) is 3.81. The molecular formula is C15H28N4O. The summed E-state index contributed by atoms with van der Waals surface area (Å²) in [5, 5.41) is 7.90. The fourth-order valence-corrected chi connectivity index (χ4v) is 3.02. The number of nitrogens with one attached hydrogen (secondary N) is 1. The number of ether oxygens (including phenoxy) is 1. The highest BCUT2D eigenvalue weighted by Crippen LogP contribution is 2.37. The lowest BCUT2D eigenvalue weighted by atomic mass is 9.94. The molecule has 1 N–H and O–H groups in total. The standard InChI is InChI=1S/C15H28N4O/c1-11(2)9-19-13(17-10-18-19)8-16-12-7-14(3,4)20-15(12,5)6/h10-12,16H,7-9H2,1-6H3/t12-/m0/s1. The van der Waals surface area contributed by atoms with Gasteiger partial charge in [0.2, 0.25) is 0 Å². The Labute approximate surface area is 122 Å². The van der Waals surface area contributed by atoms with Crippen molar-refractivity contribution in [3.8, 4) is 0 Å². The molecule has 5 nitrogen and oxygen atoms in total. The van der Waals surface area contributed by atoms with Crippen LogP contribution < -0.4 is 5.32 Å². The van der Waals surface area contributed by atoms with Crippen LogP contribution in [0.3, 0.4) is 0 Å². The van der Waals surface area contributed by atoms with Gasteiger partial charge in [0.05, 0.1) is 17.7 Å². The van der Waals surface area contributed by atoms with E-state index in [4.69, 9.17) is 4.74 Å². The van der Waals surface area contributed by atoms with Gasteiger partial charge in [-0.3, -0.25) is 0 Å². The summed E-state index contributed by atoms with van der Waals surface area (Å²) in [6.45, 7) is 14.6. The van der Waals surface area contributed by atoms with Crippen LogP contribution in [-0.2, 0) is 17.8 Å². The summed E-state index contributed by atoms with van der Waals surface area (Å²) in [6.07, 6.45) is 2.65. The normalized spacial score (nSPS) is 24.4. The van der Waals surface area contributed by atoms with Gasteiger partial charge >= 0.3 is 0 Å². The molecule has 20 heavy (non-hydrogen) atoms. The van der Waals surface area contributed by atoms with Crippen LogP contribution in [0.4, 0.5) is 0 Å². The Morgan fingerprint density at radius 2 is 2.10 bits per heavy atom. The van der Waals surface area contributed by atoms with E-state index in [1.54, 1.807) is 6.33 Å². The van der Waals surface area contributed by atoms with E-state index in [2.05, 4.69) is 56.9 Å². The number of nitrogens with zero attached hydrogens (tertiary/aromatic N) is 3. The van der Waals surface area contributed by atoms with Crippen molar-refractivity contribution < 1.29 is 4.74 Å². The van der Waals surface area contributed by atoms with Gasteiger partial charge in [0.25, 0.3) is 0 Å². The average molecular weight is 280 g/mol. The summed E-state index contributed by atoms with van der Waals surface area (Å²) in [6, 6.07) is 0.335. The highest BCUT2D eigenvalue weighted by molar-refractivity contribution is 5.00. The maximum Gasteiger partial charge on any atom is 0.140 e. The van der Waals surface area contributed by atoms with Crippen LogP contribution in [-0.4, -0.2) is 32.0 Å². The second-order valence-corrected chi connectivity index (χ2v) is 7.36. The average Bonchev–Trinajstić information content (AvgIpc) is 2.76. The van der Waals surface area contributed by atoms with Crippen LogP contribution in [0.1, 0.15) is 53.8 Å². The second-order valence-electron chi connectivity index (χ2n) is 7.36. The summed E-state index contributed by atoms with van der Waals surface area (Å²) in [5.74, 6) is 1.57. The Hall–Kier alpha value is -0.940. The summed E-state index contributed by atoms with van der Waals surface area (Å²) in [5.41, 5.74) is -0.209. The first-order valence-electron chi connectivity index (χ1n) is 7.50. The van der Waals surface area contributed by atoms with Gasteiger partial charge in [-0.2, -0.15) is 5.10 Å². The van der Waals surface area contributed by atoms with Gasteiger partial charge in [0, 0.05) is 12.6 Å². The van der Waals surface area contributed by atoms with E-state index in [-0.39, 0.29) is 11.2 Å². The maximum absolute atomic E-state index is 6.11. The van der Waals surface area contributed by atoms with E-state index in [9.17, 15) is 0 Å². The lowest BCUT2D eigenvalue weighted by molar-refractivity contribution is -0.0699. The smallest absolute Gasteiger partial charge is 0.140 e. The molecule has 0 aromatic carbocycles. The zero-order chi connectivity index (χ0) is 15.0. The Morgan fingerprint density at radius 3 is 2.65 bits per heavy atom. The maximum atomic E-state index is 6.11. The van der Waals surface area contributed by atoms with Crippen LogP contribution >= 0.6 is 0 Å². The van der Waals surface area contributed by atoms with Crippen LogP contribution in [0.2, 0.25) is 0 Å². The molecule has 0 aliphatic carbocycles. The van der Waals surface area contributed by atoms with Crippen molar-refractivity contribution in [2.75, 3.05) is 0 Å². The van der Waals surface area contributed by atoms with Crippen molar-refractivity contribution in [3.05, 3.63) is 12.2 Å². The molecule has 0 unspecified atom stereocenters. The zero-order valence-electron chi connectivity index (χ0n) is 13.6. The summed E-state index contributed by atoms with van der Waals surface area (Å²) < 4.78 is 8.10. The predicted molar refractivity (Wildman–Crippen MR) is 79.3 cm³/mol. The molecule has 1 aromatic heterocycles. The van der Waals surface area contributed by atoms with Crippen molar-refractivity contribution >= 4 is 0 Å². The molecule has 1 aliphatic rings. The van der Waals surface area contributed by atoms with Crippen LogP contribution in [0.25, 0.3) is 0 Å². The van der Waals surface area contributed by atoms with Crippen LogP contribution in [0.5, 0.6) is 0 Å². The number of aromatic nitrogens is 3. The molecule has 0 bridgehead atoms. The van der Waals surface area contributed by atoms with Gasteiger partial charge in [0.15, 0.2) is 0 Å². The fourth-order valence-electron chi connectivity index (χ4n) is 3.02. The molecule has 114 valence electrons. The van der Waals surface area contributed by atoms with Crippen molar-refractivity contribution in [1.82, 2.24) is 20.1 Å². The van der Waals surface area contributed by atoms with E-state index in [0.29, 0.717) is 12.0 Å². The molecule has 0 spiro atoms. The highest BCUT2D eigenvalue weighted by Gasteiger charge is 2.45. The molecule has 1 aromatic rings. The Bertz CT molecular complexity index is 450. The summed E-state index contributed by atoms with van der Waals surface area (Å²) in [7, 11) is 0. The molecule has 0 amide bonds. The first-order valence-corrected chi connectivity index (χ1v) is 7.50. The zero-order valence-corrected chi connectivity index (χ0v) is 13.6. The SMILES string of the molecule is CC(C)Cn1ncnc1CN[C@H]1CC(C)(C)OC1(C)C. The third-order valence-corrected chi connectivity index (χ3v) is 3.81. The molecule has 0 radical (unpaired) electrons. The van der Waals surface area contributed by atoms with Crippen molar-refractivity contribution in [1.29, 1.82) is 0 Å². The highest BCUT2D eigenvalue weighted by atomic mass is 16.5. The lowest BCUT2D eigenvalue weighted by Gasteiger charge is -2.27. The first kappa shape index (κ1) is 15.4. The molecule has 1 atom stereocenters. The molecule has 1 saturated heterocycles. The molecule has 2 rings (SSSR count). The fraction of sp³-hybridized carbons (Fsp3) is 0.867. The third kappa shape index (κ3) is 3.58. The molecule has 0 saturated carbocycles. The van der Waals surface area contributed by atoms with Gasteiger partial charge in [0.1, 0.15) is 12.2 Å². The molecule has 1 fully saturated rings. The summed E-state index contributed by atoms with van der Waals surface area (Å²) in [4.78, 5) is 4.36. The minimum atomic E-state index is -0.146. The number of rotatable bonds is 5. The minimum absolute atomic E-state index is 0.0627. The first-order chi connectivity index (χ1) is 9.20. The van der Waals surface area contributed by atoms with Crippen molar-refractivity contribution in [2.24, 2.45) is 5.92 Å². The van der Waals surface area contributed by atoms with Crippen molar-refractivity contribution in [2.45, 2.75) is 78.3 Å². The molecule has 1 aliphatic heterocycles. The monoisotopic (exact) mass is 280 g/mol. The van der Waals surface area contributed by atoms with E-state index >= 15 is 0 Å². The summed E-state index contributed by atoms with van der Waals surface area (Å²) >= 11 is 0. The van der Waals surface area contributed by atoms with Gasteiger partial charge in [-0.25, -0.2) is 9.67 Å². The molecule has 2 heterocycles. The Morgan fingerprint density at radius 1 is 1.40 bits per heavy atom. The van der Waals surface area contributed by atoms with Crippen LogP contribution in [0, 0.1) is 5.92 Å². The number of hydrogen-bond acceptors (Lipinski definition) is 4. The molecular weight excluding hydrogens is 252 g/mol. The van der Waals surface area contributed by atoms with E-state index in [0.717, 1.165) is 25.3 Å². The van der Waals surface area contributed by atoms with Gasteiger partial charge < -0.3 is 10.1 Å². The van der Waals surface area contributed by atoms with E-state index < -0.39 is 0 Å². The van der Waals surface area contributed by atoms with Gasteiger partial charge in [-0.1, -0.05) is 13.8 Å². The predicted octanol–water partition coefficient (Wildman–Crippen LogP) is 2.37. The quantitative estimate of drug-likeness (QED) is 0.899. The topological polar surface area (TPSA) is 52.0 Å². The van der Waals surface area contributed by atoms with E-state index in [1.165, 1.54) is 0 Å². The lowest BCUT2D eigenvalue weighted by Crippen LogP contribution is -2.43. The van der Waals surface area contributed by atoms with Crippen molar-refractivity contribution in [3.63, 3.8) is 0 Å². The second kappa shape index (κ2) is 5.45. The number of hydrogen-bond donors (Lipinski definition) is 1. The largest absolute Gasteiger partial charge is 0.368 e. The van der Waals surface area contributed by atoms with Gasteiger partial charge in [-0.05, 0) is 40.0 Å². The van der Waals surface area contributed by atoms with Gasteiger partial charge in [-0.15, -0.1) is 0 Å². The Balaban J connectivity index is 1.97. The minimum Gasteiger partial charge on any atom is -0.368 e. The van der Waals surface area contributed by atoms with E-state index in [1.807, 2.05) is 4.68 Å². The molecule has 5 heteroatoms. The Kier molecular flexibility index (Phi) is 4.21.